The Morgan fingerprint density at radius 2 is 1.60 bits per heavy atom. The van der Waals surface area contributed by atoms with Gasteiger partial charge in [-0.05, 0) is 50.2 Å². The Morgan fingerprint density at radius 3 is 2.16 bits per heavy atom. The maximum atomic E-state index is 11.8. The van der Waals surface area contributed by atoms with Gasteiger partial charge in [-0.15, -0.1) is 0 Å². The number of carbonyl (C=O) groups excluding carboxylic acids is 2. The molecule has 2 aromatic carbocycles. The molecule has 25 heavy (non-hydrogen) atoms. The van der Waals surface area contributed by atoms with Gasteiger partial charge in [-0.2, -0.15) is 0 Å². The Balaban J connectivity index is 1.80. The second-order valence-corrected chi connectivity index (χ2v) is 5.82. The third-order valence-electron chi connectivity index (χ3n) is 3.46. The van der Waals surface area contributed by atoms with Gasteiger partial charge in [-0.25, -0.2) is 0 Å². The highest BCUT2D eigenvalue weighted by Gasteiger charge is 2.08. The Labute approximate surface area is 147 Å². The summed E-state index contributed by atoms with van der Waals surface area (Å²) in [5, 5.41) is 5.36. The van der Waals surface area contributed by atoms with Crippen LogP contribution < -0.4 is 21.1 Å². The van der Waals surface area contributed by atoms with Crippen molar-refractivity contribution in [1.82, 2.24) is 5.32 Å². The second-order valence-electron chi connectivity index (χ2n) is 5.82. The summed E-state index contributed by atoms with van der Waals surface area (Å²) in [6, 6.07) is 14.3. The van der Waals surface area contributed by atoms with E-state index in [-0.39, 0.29) is 24.8 Å². The molecule has 4 N–H and O–H groups in total. The summed E-state index contributed by atoms with van der Waals surface area (Å²) in [5.74, 6) is 0.987. The first-order valence-corrected chi connectivity index (χ1v) is 8.12. The van der Waals surface area contributed by atoms with E-state index in [0.717, 1.165) is 5.75 Å². The zero-order chi connectivity index (χ0) is 18.2. The van der Waals surface area contributed by atoms with Crippen molar-refractivity contribution in [3.8, 4) is 11.5 Å². The highest BCUT2D eigenvalue weighted by molar-refractivity contribution is 5.91. The van der Waals surface area contributed by atoms with Crippen molar-refractivity contribution in [3.05, 3.63) is 54.1 Å². The molecule has 0 bridgehead atoms. The third-order valence-corrected chi connectivity index (χ3v) is 3.46. The number of benzene rings is 2. The molecule has 2 amide bonds. The number of nitrogens with one attached hydrogen (secondary N) is 2. The van der Waals surface area contributed by atoms with Crippen molar-refractivity contribution < 1.29 is 14.3 Å². The molecule has 0 aliphatic carbocycles. The molecule has 0 aromatic heterocycles. The molecule has 0 aliphatic rings. The van der Waals surface area contributed by atoms with E-state index in [1.165, 1.54) is 5.56 Å². The molecule has 1 atom stereocenters. The van der Waals surface area contributed by atoms with E-state index in [1.54, 1.807) is 31.2 Å². The van der Waals surface area contributed by atoms with Crippen LogP contribution in [0.15, 0.2) is 48.5 Å². The van der Waals surface area contributed by atoms with Crippen LogP contribution in [0.4, 0.5) is 5.69 Å². The quantitative estimate of drug-likeness (QED) is 0.721. The summed E-state index contributed by atoms with van der Waals surface area (Å²) in [6.07, 6.45) is 0.181. The average molecular weight is 341 g/mol. The molecule has 0 unspecified atom stereocenters. The topological polar surface area (TPSA) is 93.5 Å². The van der Waals surface area contributed by atoms with E-state index in [9.17, 15) is 9.59 Å². The van der Waals surface area contributed by atoms with Gasteiger partial charge in [0, 0.05) is 18.7 Å². The van der Waals surface area contributed by atoms with Crippen LogP contribution in [0.5, 0.6) is 11.5 Å². The predicted octanol–water partition coefficient (Wildman–Crippen LogP) is 2.58. The van der Waals surface area contributed by atoms with Gasteiger partial charge in [0.25, 0.3) is 0 Å². The van der Waals surface area contributed by atoms with Crippen LogP contribution in [0.1, 0.15) is 18.9 Å². The Bertz CT molecular complexity index is 710. The average Bonchev–Trinajstić information content (AvgIpc) is 2.58. The van der Waals surface area contributed by atoms with Crippen molar-refractivity contribution in [1.29, 1.82) is 0 Å². The molecular formula is C19H23N3O3. The zero-order valence-electron chi connectivity index (χ0n) is 14.4. The first-order chi connectivity index (χ1) is 11.9. The van der Waals surface area contributed by atoms with Crippen LogP contribution >= 0.6 is 0 Å². The molecule has 132 valence electrons. The number of hydrogen-bond donors (Lipinski definition) is 3. The van der Waals surface area contributed by atoms with E-state index >= 15 is 0 Å². The molecule has 0 radical (unpaired) electrons. The number of rotatable bonds is 7. The molecule has 0 saturated heterocycles. The highest BCUT2D eigenvalue weighted by atomic mass is 16.5. The third kappa shape index (κ3) is 6.27. The van der Waals surface area contributed by atoms with Crippen molar-refractivity contribution in [3.63, 3.8) is 0 Å². The van der Waals surface area contributed by atoms with Crippen molar-refractivity contribution >= 4 is 17.5 Å². The monoisotopic (exact) mass is 341 g/mol. The minimum Gasteiger partial charge on any atom is -0.457 e. The molecular weight excluding hydrogens is 318 g/mol. The van der Waals surface area contributed by atoms with Crippen LogP contribution in [0.25, 0.3) is 0 Å². The van der Waals surface area contributed by atoms with Crippen molar-refractivity contribution in [2.75, 3.05) is 11.9 Å². The summed E-state index contributed by atoms with van der Waals surface area (Å²) >= 11 is 0. The number of nitrogens with two attached hydrogens (primary N) is 1. The molecule has 0 heterocycles. The summed E-state index contributed by atoms with van der Waals surface area (Å²) < 4.78 is 5.73. The Hall–Kier alpha value is -2.86. The van der Waals surface area contributed by atoms with Gasteiger partial charge in [-0.3, -0.25) is 9.59 Å². The Morgan fingerprint density at radius 1 is 1.04 bits per heavy atom. The van der Waals surface area contributed by atoms with Gasteiger partial charge >= 0.3 is 0 Å². The molecule has 0 aliphatic heterocycles. The summed E-state index contributed by atoms with van der Waals surface area (Å²) in [5.41, 5.74) is 7.26. The van der Waals surface area contributed by atoms with Crippen LogP contribution in [-0.4, -0.2) is 24.4 Å². The second kappa shape index (κ2) is 8.84. The molecule has 2 aromatic rings. The molecule has 0 spiro atoms. The zero-order valence-corrected chi connectivity index (χ0v) is 14.4. The number of hydrogen-bond acceptors (Lipinski definition) is 4. The van der Waals surface area contributed by atoms with Crippen LogP contribution in [0, 0.1) is 6.92 Å². The lowest BCUT2D eigenvalue weighted by Crippen LogP contribution is -2.39. The summed E-state index contributed by atoms with van der Waals surface area (Å²) in [6.45, 7) is 3.86. The van der Waals surface area contributed by atoms with E-state index in [2.05, 4.69) is 10.6 Å². The lowest BCUT2D eigenvalue weighted by atomic mass is 10.2. The number of carbonyl (C=O) groups is 2. The first kappa shape index (κ1) is 18.5. The summed E-state index contributed by atoms with van der Waals surface area (Å²) in [7, 11) is 0. The highest BCUT2D eigenvalue weighted by Crippen LogP contribution is 2.23. The fourth-order valence-electron chi connectivity index (χ4n) is 2.03. The summed E-state index contributed by atoms with van der Waals surface area (Å²) in [4.78, 5) is 23.2. The number of ether oxygens (including phenoxy) is 1. The smallest absolute Gasteiger partial charge is 0.236 e. The van der Waals surface area contributed by atoms with Gasteiger partial charge in [0.1, 0.15) is 11.5 Å². The maximum Gasteiger partial charge on any atom is 0.236 e. The standard InChI is InChI=1S/C19H23N3O3/c1-13-3-7-16(8-4-13)25-17-9-5-15(6-10-17)22-18(23)11-12-21-19(24)14(2)20/h3-10,14H,11-12,20H2,1-2H3,(H,21,24)(H,22,23)/t14-/m0/s1. The molecule has 0 fully saturated rings. The van der Waals surface area contributed by atoms with Gasteiger partial charge in [-0.1, -0.05) is 17.7 Å². The van der Waals surface area contributed by atoms with Crippen LogP contribution in [0.2, 0.25) is 0 Å². The van der Waals surface area contributed by atoms with Gasteiger partial charge in [0.05, 0.1) is 6.04 Å². The van der Waals surface area contributed by atoms with Gasteiger partial charge in [0.15, 0.2) is 0 Å². The van der Waals surface area contributed by atoms with Crippen LogP contribution in [-0.2, 0) is 9.59 Å². The van der Waals surface area contributed by atoms with Crippen LogP contribution in [0.3, 0.4) is 0 Å². The molecule has 6 nitrogen and oxygen atoms in total. The van der Waals surface area contributed by atoms with E-state index in [4.69, 9.17) is 10.5 Å². The lowest BCUT2D eigenvalue weighted by molar-refractivity contribution is -0.122. The Kier molecular flexibility index (Phi) is 6.54. The van der Waals surface area contributed by atoms with E-state index < -0.39 is 6.04 Å². The molecule has 6 heteroatoms. The van der Waals surface area contributed by atoms with E-state index in [0.29, 0.717) is 11.4 Å². The maximum absolute atomic E-state index is 11.8. The van der Waals surface area contributed by atoms with Gasteiger partial charge < -0.3 is 21.1 Å². The fourth-order valence-corrected chi connectivity index (χ4v) is 2.03. The molecule has 2 rings (SSSR count). The van der Waals surface area contributed by atoms with E-state index in [1.807, 2.05) is 31.2 Å². The number of anilines is 1. The fraction of sp³-hybridized carbons (Fsp3) is 0.263. The normalized spacial score (nSPS) is 11.5. The predicted molar refractivity (Wildman–Crippen MR) is 97.6 cm³/mol. The largest absolute Gasteiger partial charge is 0.457 e. The first-order valence-electron chi connectivity index (χ1n) is 8.12. The lowest BCUT2D eigenvalue weighted by Gasteiger charge is -2.09. The molecule has 0 saturated carbocycles. The SMILES string of the molecule is Cc1ccc(Oc2ccc(NC(=O)CCNC(=O)[C@H](C)N)cc2)cc1. The minimum absolute atomic E-state index is 0.181. The minimum atomic E-state index is -0.580. The number of amides is 2. The number of aryl methyl sites for hydroxylation is 1. The van der Waals surface area contributed by atoms with Gasteiger partial charge in [0.2, 0.25) is 11.8 Å². The van der Waals surface area contributed by atoms with Crippen molar-refractivity contribution in [2.45, 2.75) is 26.3 Å². The van der Waals surface area contributed by atoms with Crippen molar-refractivity contribution in [2.24, 2.45) is 5.73 Å².